The minimum absolute atomic E-state index is 0.540. The first-order chi connectivity index (χ1) is 8.24. The second kappa shape index (κ2) is 4.02. The molecule has 1 fully saturated rings. The third-order valence-electron chi connectivity index (χ3n) is 3.11. The van der Waals surface area contributed by atoms with E-state index in [4.69, 9.17) is 0 Å². The van der Waals surface area contributed by atoms with Gasteiger partial charge in [0.05, 0.1) is 6.33 Å². The number of imidazole rings is 1. The van der Waals surface area contributed by atoms with Crippen molar-refractivity contribution in [2.45, 2.75) is 18.8 Å². The van der Waals surface area contributed by atoms with Gasteiger partial charge in [-0.2, -0.15) is 0 Å². The molecule has 86 valence electrons. The zero-order chi connectivity index (χ0) is 11.8. The summed E-state index contributed by atoms with van der Waals surface area (Å²) in [4.78, 5) is 4.00. The van der Waals surface area contributed by atoms with E-state index >= 15 is 0 Å². The largest absolute Gasteiger partial charge is 0.488 e. The lowest BCUT2D eigenvalue weighted by atomic mass is 9.79. The zero-order valence-corrected chi connectivity index (χ0v) is 9.32. The molecule has 0 aliphatic heterocycles. The molecule has 2 N–H and O–H groups in total. The van der Waals surface area contributed by atoms with Crippen LogP contribution in [0.4, 0.5) is 0 Å². The fourth-order valence-corrected chi connectivity index (χ4v) is 2.02. The molecule has 1 heterocycles. The van der Waals surface area contributed by atoms with Crippen molar-refractivity contribution in [1.29, 1.82) is 0 Å². The fourth-order valence-electron chi connectivity index (χ4n) is 2.02. The Bertz CT molecular complexity index is 501. The SMILES string of the molecule is OB(O)c1cc(C2CC2)cc(-n2ccnc2)c1. The molecular formula is C12H13BN2O2. The van der Waals surface area contributed by atoms with Gasteiger partial charge in [0.2, 0.25) is 0 Å². The van der Waals surface area contributed by atoms with Crippen LogP contribution in [0.15, 0.2) is 36.9 Å². The monoisotopic (exact) mass is 228 g/mol. The Morgan fingerprint density at radius 2 is 2.06 bits per heavy atom. The molecule has 0 amide bonds. The summed E-state index contributed by atoms with van der Waals surface area (Å²) in [5.74, 6) is 0.580. The first-order valence-electron chi connectivity index (χ1n) is 5.73. The molecule has 0 spiro atoms. The standard InChI is InChI=1S/C12H13BN2O2/c16-13(17)11-5-10(9-1-2-9)6-12(7-11)15-4-3-14-8-15/h3-9,16-17H,1-2H2. The summed E-state index contributed by atoms with van der Waals surface area (Å²) in [6.07, 6.45) is 7.64. The summed E-state index contributed by atoms with van der Waals surface area (Å²) in [5.41, 5.74) is 2.65. The van der Waals surface area contributed by atoms with Gasteiger partial charge in [0.15, 0.2) is 0 Å². The van der Waals surface area contributed by atoms with Crippen molar-refractivity contribution in [3.05, 3.63) is 42.5 Å². The average molecular weight is 228 g/mol. The van der Waals surface area contributed by atoms with E-state index < -0.39 is 7.12 Å². The van der Waals surface area contributed by atoms with Gasteiger partial charge in [-0.05, 0) is 41.9 Å². The Morgan fingerprint density at radius 1 is 1.24 bits per heavy atom. The number of nitrogens with zero attached hydrogens (tertiary/aromatic N) is 2. The second-order valence-electron chi connectivity index (χ2n) is 4.48. The predicted molar refractivity (Wildman–Crippen MR) is 65.4 cm³/mol. The third kappa shape index (κ3) is 2.11. The Kier molecular flexibility index (Phi) is 2.50. The molecule has 17 heavy (non-hydrogen) atoms. The van der Waals surface area contributed by atoms with Crippen molar-refractivity contribution in [2.24, 2.45) is 0 Å². The lowest BCUT2D eigenvalue weighted by Crippen LogP contribution is -2.30. The van der Waals surface area contributed by atoms with Gasteiger partial charge in [-0.15, -0.1) is 0 Å². The number of hydrogen-bond donors (Lipinski definition) is 2. The number of rotatable bonds is 3. The molecule has 1 aliphatic carbocycles. The maximum atomic E-state index is 9.30. The predicted octanol–water partition coefficient (Wildman–Crippen LogP) is 0.429. The smallest absolute Gasteiger partial charge is 0.423 e. The van der Waals surface area contributed by atoms with Crippen LogP contribution in [-0.2, 0) is 0 Å². The van der Waals surface area contributed by atoms with Crippen molar-refractivity contribution in [2.75, 3.05) is 0 Å². The molecule has 0 bridgehead atoms. The van der Waals surface area contributed by atoms with Crippen LogP contribution in [0.2, 0.25) is 0 Å². The van der Waals surface area contributed by atoms with E-state index in [1.807, 2.05) is 16.8 Å². The van der Waals surface area contributed by atoms with E-state index in [-0.39, 0.29) is 0 Å². The quantitative estimate of drug-likeness (QED) is 0.749. The highest BCUT2D eigenvalue weighted by molar-refractivity contribution is 6.58. The summed E-state index contributed by atoms with van der Waals surface area (Å²) in [6, 6.07) is 5.74. The Morgan fingerprint density at radius 3 is 2.65 bits per heavy atom. The van der Waals surface area contributed by atoms with Gasteiger partial charge in [0, 0.05) is 18.1 Å². The minimum Gasteiger partial charge on any atom is -0.423 e. The average Bonchev–Trinajstić information content (AvgIpc) is 3.04. The van der Waals surface area contributed by atoms with Crippen molar-refractivity contribution in [3.63, 3.8) is 0 Å². The molecule has 2 aromatic rings. The first kappa shape index (κ1) is 10.6. The van der Waals surface area contributed by atoms with Gasteiger partial charge in [0.25, 0.3) is 0 Å². The fraction of sp³-hybridized carbons (Fsp3) is 0.250. The van der Waals surface area contributed by atoms with Crippen LogP contribution >= 0.6 is 0 Å². The van der Waals surface area contributed by atoms with Gasteiger partial charge in [-0.25, -0.2) is 4.98 Å². The van der Waals surface area contributed by atoms with Crippen molar-refractivity contribution in [3.8, 4) is 5.69 Å². The molecule has 3 rings (SSSR count). The summed E-state index contributed by atoms with van der Waals surface area (Å²) in [5, 5.41) is 18.6. The summed E-state index contributed by atoms with van der Waals surface area (Å²) in [7, 11) is -1.42. The molecule has 1 saturated carbocycles. The van der Waals surface area contributed by atoms with Crippen LogP contribution in [0.3, 0.4) is 0 Å². The van der Waals surface area contributed by atoms with Gasteiger partial charge < -0.3 is 14.6 Å². The molecular weight excluding hydrogens is 215 g/mol. The normalized spacial score (nSPS) is 14.9. The summed E-state index contributed by atoms with van der Waals surface area (Å²) < 4.78 is 1.87. The highest BCUT2D eigenvalue weighted by Gasteiger charge is 2.25. The number of hydrogen-bond acceptors (Lipinski definition) is 3. The van der Waals surface area contributed by atoms with Crippen molar-refractivity contribution in [1.82, 2.24) is 9.55 Å². The molecule has 1 aliphatic rings. The lowest BCUT2D eigenvalue weighted by Gasteiger charge is -2.09. The van der Waals surface area contributed by atoms with Gasteiger partial charge in [-0.1, -0.05) is 6.07 Å². The first-order valence-corrected chi connectivity index (χ1v) is 5.73. The Balaban J connectivity index is 2.08. The van der Waals surface area contributed by atoms with Gasteiger partial charge >= 0.3 is 7.12 Å². The van der Waals surface area contributed by atoms with Gasteiger partial charge in [-0.3, -0.25) is 0 Å². The Hall–Kier alpha value is -1.59. The highest BCUT2D eigenvalue weighted by Crippen LogP contribution is 2.40. The van der Waals surface area contributed by atoms with Gasteiger partial charge in [0.1, 0.15) is 0 Å². The van der Waals surface area contributed by atoms with E-state index in [0.717, 1.165) is 5.69 Å². The van der Waals surface area contributed by atoms with E-state index in [1.54, 1.807) is 18.6 Å². The van der Waals surface area contributed by atoms with Crippen LogP contribution in [0.1, 0.15) is 24.3 Å². The van der Waals surface area contributed by atoms with Crippen molar-refractivity contribution >= 4 is 12.6 Å². The van der Waals surface area contributed by atoms with E-state index in [0.29, 0.717) is 11.4 Å². The minimum atomic E-state index is -1.42. The van der Waals surface area contributed by atoms with Crippen LogP contribution in [-0.4, -0.2) is 26.7 Å². The van der Waals surface area contributed by atoms with E-state index in [9.17, 15) is 10.0 Å². The third-order valence-corrected chi connectivity index (χ3v) is 3.11. The van der Waals surface area contributed by atoms with E-state index in [2.05, 4.69) is 11.1 Å². The van der Waals surface area contributed by atoms with Crippen molar-refractivity contribution < 1.29 is 10.0 Å². The van der Waals surface area contributed by atoms with Crippen LogP contribution < -0.4 is 5.46 Å². The van der Waals surface area contributed by atoms with Crippen LogP contribution in [0.25, 0.3) is 5.69 Å². The van der Waals surface area contributed by atoms with Crippen LogP contribution in [0.5, 0.6) is 0 Å². The zero-order valence-electron chi connectivity index (χ0n) is 9.32. The molecule has 0 unspecified atom stereocenters. The number of benzene rings is 1. The van der Waals surface area contributed by atoms with E-state index in [1.165, 1.54) is 18.4 Å². The second-order valence-corrected chi connectivity index (χ2v) is 4.48. The molecule has 4 nitrogen and oxygen atoms in total. The Labute approximate surface area is 99.7 Å². The molecule has 1 aromatic heterocycles. The summed E-state index contributed by atoms with van der Waals surface area (Å²) in [6.45, 7) is 0. The molecule has 5 heteroatoms. The number of aromatic nitrogens is 2. The highest BCUT2D eigenvalue weighted by atomic mass is 16.4. The molecule has 0 saturated heterocycles. The maximum absolute atomic E-state index is 9.30. The van der Waals surface area contributed by atoms with Crippen LogP contribution in [0, 0.1) is 0 Å². The summed E-state index contributed by atoms with van der Waals surface area (Å²) >= 11 is 0. The molecule has 0 radical (unpaired) electrons. The molecule has 1 aromatic carbocycles. The topological polar surface area (TPSA) is 58.3 Å². The molecule has 0 atom stereocenters. The maximum Gasteiger partial charge on any atom is 0.488 e. The lowest BCUT2D eigenvalue weighted by molar-refractivity contribution is 0.425.